The van der Waals surface area contributed by atoms with Crippen LogP contribution in [0.4, 0.5) is 0 Å². The fourth-order valence-corrected chi connectivity index (χ4v) is 3.85. The summed E-state index contributed by atoms with van der Waals surface area (Å²) < 4.78 is 2.09. The van der Waals surface area contributed by atoms with Gasteiger partial charge >= 0.3 is 0 Å². The van der Waals surface area contributed by atoms with Crippen molar-refractivity contribution in [2.45, 2.75) is 32.2 Å². The number of aromatic nitrogens is 4. The molecule has 3 rings (SSSR count). The number of piperidine rings is 1. The second-order valence-electron chi connectivity index (χ2n) is 7.07. The summed E-state index contributed by atoms with van der Waals surface area (Å²) >= 11 is 0. The van der Waals surface area contributed by atoms with Crippen LogP contribution in [0.25, 0.3) is 0 Å². The number of imidazole rings is 1. The molecular formula is C18H28N6O. The fraction of sp³-hybridized carbons (Fsp3) is 0.611. The summed E-state index contributed by atoms with van der Waals surface area (Å²) in [7, 11) is 6.07. The zero-order valence-electron chi connectivity index (χ0n) is 15.6. The molecule has 25 heavy (non-hydrogen) atoms. The van der Waals surface area contributed by atoms with E-state index in [1.54, 1.807) is 0 Å². The Balaban J connectivity index is 1.74. The molecule has 7 heteroatoms. The number of carbonyl (C=O) groups is 1. The predicted octanol–water partition coefficient (Wildman–Crippen LogP) is 1.86. The molecule has 1 aliphatic heterocycles. The lowest BCUT2D eigenvalue weighted by Crippen LogP contribution is -2.43. The minimum atomic E-state index is -0.0204. The lowest BCUT2D eigenvalue weighted by atomic mass is 9.87. The van der Waals surface area contributed by atoms with E-state index in [2.05, 4.69) is 31.7 Å². The molecule has 2 aromatic heterocycles. The van der Waals surface area contributed by atoms with Gasteiger partial charge in [-0.15, -0.1) is 0 Å². The van der Waals surface area contributed by atoms with E-state index in [1.807, 2.05) is 44.5 Å². The van der Waals surface area contributed by atoms with Gasteiger partial charge in [0.05, 0.1) is 18.1 Å². The summed E-state index contributed by atoms with van der Waals surface area (Å²) in [5, 5.41) is 7.08. The highest BCUT2D eigenvalue weighted by atomic mass is 16.2. The van der Waals surface area contributed by atoms with E-state index < -0.39 is 0 Å². The maximum atomic E-state index is 12.7. The van der Waals surface area contributed by atoms with Crippen molar-refractivity contribution in [1.82, 2.24) is 29.5 Å². The summed E-state index contributed by atoms with van der Waals surface area (Å²) in [4.78, 5) is 21.2. The zero-order valence-corrected chi connectivity index (χ0v) is 15.6. The maximum Gasteiger partial charge on any atom is 0.274 e. The molecule has 3 heterocycles. The Morgan fingerprint density at radius 3 is 2.88 bits per heavy atom. The van der Waals surface area contributed by atoms with Gasteiger partial charge in [-0.05, 0) is 44.8 Å². The quantitative estimate of drug-likeness (QED) is 0.899. The number of H-pyrrole nitrogens is 1. The molecule has 2 aromatic rings. The SMILES string of the molecule is CCc1cc(C(=O)N(C)C[C@@H]2CCCN(C)[C@H]2c2cncn2C)n[nH]1. The molecule has 0 unspecified atom stereocenters. The first-order chi connectivity index (χ1) is 12.0. The summed E-state index contributed by atoms with van der Waals surface area (Å²) in [5.74, 6) is 0.362. The Bertz CT molecular complexity index is 721. The third kappa shape index (κ3) is 3.61. The Hall–Kier alpha value is -2.15. The van der Waals surface area contributed by atoms with Gasteiger partial charge < -0.3 is 9.47 Å². The van der Waals surface area contributed by atoms with Crippen LogP contribution in [0.2, 0.25) is 0 Å². The van der Waals surface area contributed by atoms with Crippen molar-refractivity contribution in [2.75, 3.05) is 27.2 Å². The van der Waals surface area contributed by atoms with Crippen LogP contribution in [-0.4, -0.2) is 62.6 Å². The van der Waals surface area contributed by atoms with Crippen LogP contribution in [0.15, 0.2) is 18.6 Å². The summed E-state index contributed by atoms with van der Waals surface area (Å²) in [6, 6.07) is 2.13. The topological polar surface area (TPSA) is 70.1 Å². The normalized spacial score (nSPS) is 21.4. The number of carbonyl (C=O) groups excluding carboxylic acids is 1. The summed E-state index contributed by atoms with van der Waals surface area (Å²) in [6.45, 7) is 3.83. The average molecular weight is 344 g/mol. The largest absolute Gasteiger partial charge is 0.340 e. The number of hydrogen-bond donors (Lipinski definition) is 1. The molecule has 0 aromatic carbocycles. The molecule has 0 radical (unpaired) electrons. The van der Waals surface area contributed by atoms with Crippen LogP contribution in [0, 0.1) is 5.92 Å². The second-order valence-corrected chi connectivity index (χ2v) is 7.07. The minimum absolute atomic E-state index is 0.0204. The monoisotopic (exact) mass is 344 g/mol. The first-order valence-electron chi connectivity index (χ1n) is 8.97. The molecule has 2 atom stereocenters. The van der Waals surface area contributed by atoms with Gasteiger partial charge in [-0.3, -0.25) is 14.8 Å². The smallest absolute Gasteiger partial charge is 0.274 e. The highest BCUT2D eigenvalue weighted by Crippen LogP contribution is 2.35. The zero-order chi connectivity index (χ0) is 18.0. The Kier molecular flexibility index (Phi) is 5.22. The first-order valence-corrected chi connectivity index (χ1v) is 8.97. The molecule has 0 bridgehead atoms. The maximum absolute atomic E-state index is 12.7. The first kappa shape index (κ1) is 17.7. The van der Waals surface area contributed by atoms with Gasteiger partial charge in [0.25, 0.3) is 5.91 Å². The van der Waals surface area contributed by atoms with Crippen molar-refractivity contribution in [2.24, 2.45) is 13.0 Å². The Morgan fingerprint density at radius 2 is 2.24 bits per heavy atom. The van der Waals surface area contributed by atoms with E-state index in [4.69, 9.17) is 0 Å². The van der Waals surface area contributed by atoms with Gasteiger partial charge in [0.1, 0.15) is 5.69 Å². The van der Waals surface area contributed by atoms with Crippen molar-refractivity contribution in [3.05, 3.63) is 35.7 Å². The highest BCUT2D eigenvalue weighted by Gasteiger charge is 2.34. The van der Waals surface area contributed by atoms with Crippen molar-refractivity contribution < 1.29 is 4.79 Å². The predicted molar refractivity (Wildman–Crippen MR) is 96.2 cm³/mol. The van der Waals surface area contributed by atoms with Crippen molar-refractivity contribution >= 4 is 5.91 Å². The van der Waals surface area contributed by atoms with E-state index >= 15 is 0 Å². The lowest BCUT2D eigenvalue weighted by Gasteiger charge is -2.40. The molecule has 0 saturated carbocycles. The number of amides is 1. The van der Waals surface area contributed by atoms with Crippen LogP contribution in [0.5, 0.6) is 0 Å². The van der Waals surface area contributed by atoms with Crippen molar-refractivity contribution in [3.8, 4) is 0 Å². The number of aryl methyl sites for hydroxylation is 2. The molecule has 0 aliphatic carbocycles. The summed E-state index contributed by atoms with van der Waals surface area (Å²) in [6.07, 6.45) is 6.90. The molecule has 136 valence electrons. The fourth-order valence-electron chi connectivity index (χ4n) is 3.85. The number of nitrogens with zero attached hydrogens (tertiary/aromatic N) is 5. The third-order valence-electron chi connectivity index (χ3n) is 5.25. The van der Waals surface area contributed by atoms with Crippen LogP contribution < -0.4 is 0 Å². The number of likely N-dealkylation sites (tertiary alicyclic amines) is 1. The van der Waals surface area contributed by atoms with Gasteiger partial charge in [0, 0.05) is 32.5 Å². The van der Waals surface area contributed by atoms with Gasteiger partial charge in [-0.1, -0.05) is 6.92 Å². The molecular weight excluding hydrogens is 316 g/mol. The second kappa shape index (κ2) is 7.39. The van der Waals surface area contributed by atoms with E-state index in [9.17, 15) is 4.79 Å². The van der Waals surface area contributed by atoms with E-state index in [1.165, 1.54) is 5.69 Å². The van der Waals surface area contributed by atoms with Crippen LogP contribution in [0.1, 0.15) is 47.7 Å². The number of rotatable bonds is 5. The van der Waals surface area contributed by atoms with Gasteiger partial charge in [-0.2, -0.15) is 5.10 Å². The van der Waals surface area contributed by atoms with E-state index in [0.29, 0.717) is 18.2 Å². The number of aromatic amines is 1. The Labute approximate surface area is 149 Å². The lowest BCUT2D eigenvalue weighted by molar-refractivity contribution is 0.0628. The number of nitrogens with one attached hydrogen (secondary N) is 1. The Morgan fingerprint density at radius 1 is 1.44 bits per heavy atom. The molecule has 1 aliphatic rings. The van der Waals surface area contributed by atoms with E-state index in [0.717, 1.165) is 31.5 Å². The van der Waals surface area contributed by atoms with Gasteiger partial charge in [0.2, 0.25) is 0 Å². The molecule has 1 N–H and O–H groups in total. The molecule has 1 saturated heterocycles. The molecule has 7 nitrogen and oxygen atoms in total. The van der Waals surface area contributed by atoms with Gasteiger partial charge in [-0.25, -0.2) is 4.98 Å². The minimum Gasteiger partial charge on any atom is -0.340 e. The molecule has 1 amide bonds. The van der Waals surface area contributed by atoms with E-state index in [-0.39, 0.29) is 11.9 Å². The van der Waals surface area contributed by atoms with Crippen LogP contribution >= 0.6 is 0 Å². The molecule has 0 spiro atoms. The van der Waals surface area contributed by atoms with Crippen molar-refractivity contribution in [1.29, 1.82) is 0 Å². The van der Waals surface area contributed by atoms with Crippen molar-refractivity contribution in [3.63, 3.8) is 0 Å². The summed E-state index contributed by atoms with van der Waals surface area (Å²) in [5.41, 5.74) is 2.70. The third-order valence-corrected chi connectivity index (χ3v) is 5.25. The van der Waals surface area contributed by atoms with Crippen LogP contribution in [-0.2, 0) is 13.5 Å². The van der Waals surface area contributed by atoms with Crippen LogP contribution in [0.3, 0.4) is 0 Å². The molecule has 1 fully saturated rings. The standard InChI is InChI=1S/C18H28N6O/c1-5-14-9-15(21-20-14)18(25)23(3)11-13-7-6-8-22(2)17(13)16-10-19-12-24(16)4/h9-10,12-13,17H,5-8,11H2,1-4H3,(H,20,21)/t13-,17+/m0/s1. The van der Waals surface area contributed by atoms with Gasteiger partial charge in [0.15, 0.2) is 0 Å². The highest BCUT2D eigenvalue weighted by molar-refractivity contribution is 5.92. The average Bonchev–Trinajstić information content (AvgIpc) is 3.23. The number of hydrogen-bond acceptors (Lipinski definition) is 4.